The van der Waals surface area contributed by atoms with E-state index >= 15 is 0 Å². The third-order valence-corrected chi connectivity index (χ3v) is 7.13. The molecule has 0 radical (unpaired) electrons. The number of alkyl carbamates (subject to hydrolysis) is 1. The molecule has 7 nitrogen and oxygen atoms in total. The van der Waals surface area contributed by atoms with Crippen molar-refractivity contribution < 1.29 is 24.2 Å². The number of hydrogen-bond donors (Lipinski definition) is 2. The lowest BCUT2D eigenvalue weighted by molar-refractivity contribution is -0.145. The highest BCUT2D eigenvalue weighted by molar-refractivity contribution is 5.82. The number of aliphatic carboxylic acids is 1. The van der Waals surface area contributed by atoms with Crippen molar-refractivity contribution in [3.05, 3.63) is 95.6 Å². The second-order valence-electron chi connectivity index (χ2n) is 10.0. The van der Waals surface area contributed by atoms with Crippen LogP contribution in [0.25, 0.3) is 11.1 Å². The van der Waals surface area contributed by atoms with Gasteiger partial charge in [0.2, 0.25) is 5.91 Å². The zero-order valence-electron chi connectivity index (χ0n) is 21.8. The molecule has 2 N–H and O–H groups in total. The second kappa shape index (κ2) is 12.4. The van der Waals surface area contributed by atoms with Crippen molar-refractivity contribution in [3.63, 3.8) is 0 Å². The Kier molecular flexibility index (Phi) is 8.79. The number of nitrogens with zero attached hydrogens (tertiary/aromatic N) is 1. The number of rotatable bonds is 11. The summed E-state index contributed by atoms with van der Waals surface area (Å²) < 4.78 is 5.63. The molecule has 3 aromatic carbocycles. The van der Waals surface area contributed by atoms with Crippen molar-refractivity contribution >= 4 is 18.0 Å². The Hall–Kier alpha value is -4.13. The van der Waals surface area contributed by atoms with E-state index in [4.69, 9.17) is 4.74 Å². The molecule has 1 atom stereocenters. The summed E-state index contributed by atoms with van der Waals surface area (Å²) in [5.41, 5.74) is 5.47. The van der Waals surface area contributed by atoms with Gasteiger partial charge in [0.15, 0.2) is 0 Å². The first-order valence-corrected chi connectivity index (χ1v) is 13.0. The van der Waals surface area contributed by atoms with Crippen LogP contribution < -0.4 is 5.32 Å². The summed E-state index contributed by atoms with van der Waals surface area (Å²) in [5, 5.41) is 12.2. The van der Waals surface area contributed by atoms with Crippen molar-refractivity contribution in [3.8, 4) is 11.1 Å². The van der Waals surface area contributed by atoms with E-state index in [0.717, 1.165) is 27.8 Å². The maximum atomic E-state index is 13.1. The molecule has 0 aromatic heterocycles. The van der Waals surface area contributed by atoms with Crippen molar-refractivity contribution in [2.75, 3.05) is 19.7 Å². The Balaban J connectivity index is 1.33. The maximum absolute atomic E-state index is 13.1. The van der Waals surface area contributed by atoms with Gasteiger partial charge in [0.05, 0.1) is 0 Å². The van der Waals surface area contributed by atoms with Crippen molar-refractivity contribution in [1.29, 1.82) is 0 Å². The third-order valence-electron chi connectivity index (χ3n) is 7.13. The fourth-order valence-electron chi connectivity index (χ4n) is 4.96. The monoisotopic (exact) mass is 514 g/mol. The minimum atomic E-state index is -1.06. The van der Waals surface area contributed by atoms with Crippen LogP contribution in [0.5, 0.6) is 0 Å². The molecule has 1 aliphatic carbocycles. The fourth-order valence-corrected chi connectivity index (χ4v) is 4.96. The predicted molar refractivity (Wildman–Crippen MR) is 146 cm³/mol. The Morgan fingerprint density at radius 2 is 1.47 bits per heavy atom. The second-order valence-corrected chi connectivity index (χ2v) is 10.0. The highest BCUT2D eigenvalue weighted by atomic mass is 16.5. The van der Waals surface area contributed by atoms with Crippen LogP contribution in [-0.2, 0) is 20.9 Å². The lowest BCUT2D eigenvalue weighted by Gasteiger charge is -2.26. The number of carbonyl (C=O) groups excluding carboxylic acids is 2. The van der Waals surface area contributed by atoms with Crippen LogP contribution in [-0.4, -0.2) is 47.7 Å². The summed E-state index contributed by atoms with van der Waals surface area (Å²) in [7, 11) is 0. The third kappa shape index (κ3) is 6.59. The van der Waals surface area contributed by atoms with Gasteiger partial charge < -0.3 is 20.1 Å². The SMILES string of the molecule is CC(C)C(CNC(=O)OCC1c2ccccc2-c2ccccc21)CC(=O)N(CC(=O)O)Cc1ccccc1. The molecular formula is C31H34N2O5. The number of ether oxygens (including phenoxy) is 1. The van der Waals surface area contributed by atoms with E-state index in [0.29, 0.717) is 0 Å². The number of carbonyl (C=O) groups is 3. The van der Waals surface area contributed by atoms with E-state index in [1.807, 2.05) is 68.4 Å². The standard InChI is InChI=1S/C31H34N2O5/c1-21(2)23(16-29(34)33(19-30(35)36)18-22-10-4-3-5-11-22)17-32-31(37)38-20-28-26-14-8-6-12-24(26)25-13-7-9-15-27(25)28/h3-15,21,23,28H,16-20H2,1-2H3,(H,32,37)(H,35,36). The molecule has 7 heteroatoms. The molecule has 1 unspecified atom stereocenters. The number of nitrogens with one attached hydrogen (secondary N) is 1. The highest BCUT2D eigenvalue weighted by Crippen LogP contribution is 2.44. The first kappa shape index (κ1) is 26.9. The number of benzene rings is 3. The molecule has 198 valence electrons. The van der Waals surface area contributed by atoms with Crippen molar-refractivity contribution in [1.82, 2.24) is 10.2 Å². The van der Waals surface area contributed by atoms with Crippen LogP contribution in [0.4, 0.5) is 4.79 Å². The zero-order valence-corrected chi connectivity index (χ0v) is 21.8. The first-order chi connectivity index (χ1) is 18.3. The normalized spacial score (nSPS) is 12.9. The molecule has 0 saturated carbocycles. The Bertz CT molecular complexity index is 1230. The maximum Gasteiger partial charge on any atom is 0.407 e. The molecule has 4 rings (SSSR count). The predicted octanol–water partition coefficient (Wildman–Crippen LogP) is 5.30. The van der Waals surface area contributed by atoms with E-state index in [-0.39, 0.29) is 56.3 Å². The summed E-state index contributed by atoms with van der Waals surface area (Å²) >= 11 is 0. The van der Waals surface area contributed by atoms with E-state index in [2.05, 4.69) is 29.6 Å². The topological polar surface area (TPSA) is 95.9 Å². The number of hydrogen-bond acceptors (Lipinski definition) is 4. The van der Waals surface area contributed by atoms with Gasteiger partial charge in [-0.15, -0.1) is 0 Å². The quantitative estimate of drug-likeness (QED) is 0.362. The average molecular weight is 515 g/mol. The minimum absolute atomic E-state index is 0.0295. The van der Waals surface area contributed by atoms with E-state index < -0.39 is 12.1 Å². The largest absolute Gasteiger partial charge is 0.480 e. The number of fused-ring (bicyclic) bond motifs is 3. The highest BCUT2D eigenvalue weighted by Gasteiger charge is 2.29. The summed E-state index contributed by atoms with van der Waals surface area (Å²) in [6.07, 6.45) is -0.404. The Morgan fingerprint density at radius 1 is 0.895 bits per heavy atom. The van der Waals surface area contributed by atoms with Crippen LogP contribution in [0, 0.1) is 11.8 Å². The van der Waals surface area contributed by atoms with Crippen LogP contribution >= 0.6 is 0 Å². The average Bonchev–Trinajstić information content (AvgIpc) is 3.23. The lowest BCUT2D eigenvalue weighted by Crippen LogP contribution is -2.39. The molecule has 3 aromatic rings. The molecule has 38 heavy (non-hydrogen) atoms. The molecule has 0 fully saturated rings. The minimum Gasteiger partial charge on any atom is -0.480 e. The van der Waals surface area contributed by atoms with E-state index in [1.165, 1.54) is 4.90 Å². The number of carboxylic acid groups (broad SMARTS) is 1. The van der Waals surface area contributed by atoms with Crippen molar-refractivity contribution in [2.45, 2.75) is 32.7 Å². The van der Waals surface area contributed by atoms with Gasteiger partial charge >= 0.3 is 12.1 Å². The summed E-state index contributed by atoms with van der Waals surface area (Å²) in [5.74, 6) is -1.43. The molecule has 0 saturated heterocycles. The lowest BCUT2D eigenvalue weighted by atomic mass is 9.91. The first-order valence-electron chi connectivity index (χ1n) is 13.0. The summed E-state index contributed by atoms with van der Waals surface area (Å²) in [4.78, 5) is 38.5. The van der Waals surface area contributed by atoms with Gasteiger partial charge in [-0.05, 0) is 39.7 Å². The Morgan fingerprint density at radius 3 is 2.05 bits per heavy atom. The smallest absolute Gasteiger partial charge is 0.407 e. The van der Waals surface area contributed by atoms with Crippen LogP contribution in [0.1, 0.15) is 42.9 Å². The Labute approximate surface area is 223 Å². The van der Waals surface area contributed by atoms with Crippen LogP contribution in [0.3, 0.4) is 0 Å². The van der Waals surface area contributed by atoms with Gasteiger partial charge in [0.25, 0.3) is 0 Å². The molecule has 0 aliphatic heterocycles. The van der Waals surface area contributed by atoms with Gasteiger partial charge in [0.1, 0.15) is 13.2 Å². The van der Waals surface area contributed by atoms with Crippen LogP contribution in [0.2, 0.25) is 0 Å². The number of carboxylic acids is 1. The molecule has 0 heterocycles. The van der Waals surface area contributed by atoms with E-state index in [1.54, 1.807) is 0 Å². The van der Waals surface area contributed by atoms with Gasteiger partial charge in [-0.2, -0.15) is 0 Å². The molecule has 0 bridgehead atoms. The van der Waals surface area contributed by atoms with Crippen LogP contribution in [0.15, 0.2) is 78.9 Å². The fraction of sp³-hybridized carbons (Fsp3) is 0.323. The van der Waals surface area contributed by atoms with Gasteiger partial charge in [-0.25, -0.2) is 4.79 Å². The van der Waals surface area contributed by atoms with E-state index in [9.17, 15) is 19.5 Å². The molecule has 1 aliphatic rings. The molecule has 0 spiro atoms. The van der Waals surface area contributed by atoms with Crippen molar-refractivity contribution in [2.24, 2.45) is 11.8 Å². The molecule has 2 amide bonds. The zero-order chi connectivity index (χ0) is 27.1. The summed E-state index contributed by atoms with van der Waals surface area (Å²) in [6, 6.07) is 25.6. The van der Waals surface area contributed by atoms with Gasteiger partial charge in [-0.3, -0.25) is 9.59 Å². The summed E-state index contributed by atoms with van der Waals surface area (Å²) in [6.45, 7) is 4.28. The number of amides is 2. The van der Waals surface area contributed by atoms with Gasteiger partial charge in [0, 0.05) is 25.4 Å². The van der Waals surface area contributed by atoms with Gasteiger partial charge in [-0.1, -0.05) is 92.7 Å². The molecular weight excluding hydrogens is 480 g/mol.